The van der Waals surface area contributed by atoms with E-state index in [2.05, 4.69) is 26.9 Å². The van der Waals surface area contributed by atoms with Crippen LogP contribution in [0.4, 0.5) is 4.39 Å². The fourth-order valence-electron chi connectivity index (χ4n) is 3.80. The van der Waals surface area contributed by atoms with Gasteiger partial charge in [0, 0.05) is 25.1 Å². The Labute approximate surface area is 163 Å². The molecule has 5 nitrogen and oxygen atoms in total. The van der Waals surface area contributed by atoms with Crippen molar-refractivity contribution >= 4 is 5.91 Å². The zero-order valence-corrected chi connectivity index (χ0v) is 15.7. The molecular weight excluding hydrogens is 355 g/mol. The van der Waals surface area contributed by atoms with E-state index in [0.717, 1.165) is 38.2 Å². The number of halogens is 1. The van der Waals surface area contributed by atoms with Gasteiger partial charge in [-0.05, 0) is 48.6 Å². The lowest BCUT2D eigenvalue weighted by Crippen LogP contribution is -2.40. The van der Waals surface area contributed by atoms with Crippen molar-refractivity contribution in [2.45, 2.75) is 25.8 Å². The summed E-state index contributed by atoms with van der Waals surface area (Å²) >= 11 is 0. The summed E-state index contributed by atoms with van der Waals surface area (Å²) < 4.78 is 15.2. The van der Waals surface area contributed by atoms with Crippen LogP contribution in [0.3, 0.4) is 0 Å². The summed E-state index contributed by atoms with van der Waals surface area (Å²) in [6.45, 7) is 2.17. The Morgan fingerprint density at radius 3 is 2.68 bits per heavy atom. The normalized spacial score (nSPS) is 16.9. The number of hydrogen-bond donors (Lipinski definition) is 0. The molecule has 1 atom stereocenters. The quantitative estimate of drug-likeness (QED) is 0.682. The number of carbonyl (C=O) groups excluding carboxylic acids is 1. The molecule has 1 aliphatic heterocycles. The standard InChI is InChI=1S/C22H23FN4O/c23-20-10-8-19(9-11-20)22(28)26-12-4-7-18(15-26)13-21-25-24-16-27(21)14-17-5-2-1-3-6-17/h1-3,5-6,8-11,16,18H,4,7,12-15H2. The smallest absolute Gasteiger partial charge is 0.253 e. The molecule has 1 amide bonds. The number of benzene rings is 2. The molecule has 0 bridgehead atoms. The van der Waals surface area contributed by atoms with Gasteiger partial charge in [0.25, 0.3) is 5.91 Å². The van der Waals surface area contributed by atoms with Crippen LogP contribution in [0.25, 0.3) is 0 Å². The first-order valence-corrected chi connectivity index (χ1v) is 9.64. The van der Waals surface area contributed by atoms with Crippen molar-refractivity contribution in [1.29, 1.82) is 0 Å². The van der Waals surface area contributed by atoms with Crippen molar-refractivity contribution in [2.24, 2.45) is 5.92 Å². The summed E-state index contributed by atoms with van der Waals surface area (Å²) in [5.74, 6) is 0.933. The molecule has 4 rings (SSSR count). The van der Waals surface area contributed by atoms with Crippen molar-refractivity contribution in [2.75, 3.05) is 13.1 Å². The van der Waals surface area contributed by atoms with Crippen molar-refractivity contribution in [3.63, 3.8) is 0 Å². The molecule has 3 aromatic rings. The van der Waals surface area contributed by atoms with Gasteiger partial charge in [-0.3, -0.25) is 4.79 Å². The topological polar surface area (TPSA) is 51.0 Å². The third-order valence-electron chi connectivity index (χ3n) is 5.26. The third-order valence-corrected chi connectivity index (χ3v) is 5.26. The number of nitrogens with zero attached hydrogens (tertiary/aromatic N) is 4. The summed E-state index contributed by atoms with van der Waals surface area (Å²) in [5, 5.41) is 8.40. The van der Waals surface area contributed by atoms with E-state index in [1.54, 1.807) is 18.5 Å². The first-order valence-electron chi connectivity index (χ1n) is 9.64. The van der Waals surface area contributed by atoms with Gasteiger partial charge in [0.05, 0.1) is 6.54 Å². The summed E-state index contributed by atoms with van der Waals surface area (Å²) in [4.78, 5) is 14.6. The van der Waals surface area contributed by atoms with Gasteiger partial charge in [-0.25, -0.2) is 4.39 Å². The van der Waals surface area contributed by atoms with E-state index >= 15 is 0 Å². The number of piperidine rings is 1. The maximum atomic E-state index is 13.1. The summed E-state index contributed by atoms with van der Waals surface area (Å²) in [7, 11) is 0. The monoisotopic (exact) mass is 378 g/mol. The van der Waals surface area contributed by atoms with E-state index < -0.39 is 0 Å². The Morgan fingerprint density at radius 2 is 1.89 bits per heavy atom. The first-order chi connectivity index (χ1) is 13.7. The van der Waals surface area contributed by atoms with Crippen LogP contribution >= 0.6 is 0 Å². The van der Waals surface area contributed by atoms with Crippen LogP contribution in [0.15, 0.2) is 60.9 Å². The van der Waals surface area contributed by atoms with Gasteiger partial charge in [-0.1, -0.05) is 30.3 Å². The van der Waals surface area contributed by atoms with Crippen LogP contribution < -0.4 is 0 Å². The Bertz CT molecular complexity index is 923. The molecule has 1 aliphatic rings. The van der Waals surface area contributed by atoms with Gasteiger partial charge < -0.3 is 9.47 Å². The van der Waals surface area contributed by atoms with Crippen molar-refractivity contribution < 1.29 is 9.18 Å². The van der Waals surface area contributed by atoms with E-state index in [1.165, 1.54) is 17.7 Å². The molecule has 0 spiro atoms. The number of amides is 1. The lowest BCUT2D eigenvalue weighted by molar-refractivity contribution is 0.0671. The first kappa shape index (κ1) is 18.3. The van der Waals surface area contributed by atoms with E-state index in [4.69, 9.17) is 0 Å². The van der Waals surface area contributed by atoms with E-state index in [9.17, 15) is 9.18 Å². The fraction of sp³-hybridized carbons (Fsp3) is 0.318. The number of aromatic nitrogens is 3. The summed E-state index contributed by atoms with van der Waals surface area (Å²) in [5.41, 5.74) is 1.75. The van der Waals surface area contributed by atoms with Gasteiger partial charge in [-0.2, -0.15) is 0 Å². The molecule has 144 valence electrons. The van der Waals surface area contributed by atoms with E-state index in [-0.39, 0.29) is 11.7 Å². The zero-order valence-electron chi connectivity index (χ0n) is 15.7. The van der Waals surface area contributed by atoms with Crippen LogP contribution in [0.1, 0.15) is 34.6 Å². The molecule has 2 aromatic carbocycles. The number of hydrogen-bond acceptors (Lipinski definition) is 3. The Kier molecular flexibility index (Phi) is 5.46. The summed E-state index contributed by atoms with van der Waals surface area (Å²) in [6.07, 6.45) is 4.59. The van der Waals surface area contributed by atoms with Gasteiger partial charge in [0.15, 0.2) is 0 Å². The van der Waals surface area contributed by atoms with E-state index in [1.807, 2.05) is 23.1 Å². The van der Waals surface area contributed by atoms with Crippen LogP contribution in [-0.4, -0.2) is 38.7 Å². The van der Waals surface area contributed by atoms with Crippen LogP contribution in [0.5, 0.6) is 0 Å². The van der Waals surface area contributed by atoms with Crippen LogP contribution in [-0.2, 0) is 13.0 Å². The fourth-order valence-corrected chi connectivity index (χ4v) is 3.80. The molecule has 1 fully saturated rings. The molecule has 0 radical (unpaired) electrons. The Morgan fingerprint density at radius 1 is 1.11 bits per heavy atom. The molecule has 0 aliphatic carbocycles. The Balaban J connectivity index is 1.41. The maximum absolute atomic E-state index is 13.1. The highest BCUT2D eigenvalue weighted by Crippen LogP contribution is 2.22. The second-order valence-electron chi connectivity index (χ2n) is 7.33. The largest absolute Gasteiger partial charge is 0.338 e. The minimum absolute atomic E-state index is 0.0320. The highest BCUT2D eigenvalue weighted by atomic mass is 19.1. The number of carbonyl (C=O) groups is 1. The highest BCUT2D eigenvalue weighted by molar-refractivity contribution is 5.94. The minimum Gasteiger partial charge on any atom is -0.338 e. The predicted molar refractivity (Wildman–Crippen MR) is 104 cm³/mol. The number of rotatable bonds is 5. The molecule has 0 N–H and O–H groups in total. The average molecular weight is 378 g/mol. The lowest BCUT2D eigenvalue weighted by atomic mass is 9.94. The molecule has 1 aromatic heterocycles. The van der Waals surface area contributed by atoms with Crippen LogP contribution in [0.2, 0.25) is 0 Å². The molecule has 28 heavy (non-hydrogen) atoms. The van der Waals surface area contributed by atoms with E-state index in [0.29, 0.717) is 18.0 Å². The van der Waals surface area contributed by atoms with Gasteiger partial charge >= 0.3 is 0 Å². The van der Waals surface area contributed by atoms with Gasteiger partial charge in [-0.15, -0.1) is 10.2 Å². The Hall–Kier alpha value is -3.02. The van der Waals surface area contributed by atoms with Crippen molar-refractivity contribution in [3.05, 3.63) is 83.7 Å². The SMILES string of the molecule is O=C(c1ccc(F)cc1)N1CCCC(Cc2nncn2Cc2ccccc2)C1. The molecule has 1 saturated heterocycles. The number of likely N-dealkylation sites (tertiary alicyclic amines) is 1. The second-order valence-corrected chi connectivity index (χ2v) is 7.33. The zero-order chi connectivity index (χ0) is 19.3. The lowest BCUT2D eigenvalue weighted by Gasteiger charge is -2.32. The van der Waals surface area contributed by atoms with Crippen LogP contribution in [0, 0.1) is 11.7 Å². The molecule has 2 heterocycles. The predicted octanol–water partition coefficient (Wildman–Crippen LogP) is 3.56. The molecule has 0 saturated carbocycles. The van der Waals surface area contributed by atoms with Gasteiger partial charge in [0.1, 0.15) is 18.0 Å². The third kappa shape index (κ3) is 4.27. The van der Waals surface area contributed by atoms with Crippen molar-refractivity contribution in [1.82, 2.24) is 19.7 Å². The summed E-state index contributed by atoms with van der Waals surface area (Å²) in [6, 6.07) is 16.0. The van der Waals surface area contributed by atoms with Gasteiger partial charge in [0.2, 0.25) is 0 Å². The highest BCUT2D eigenvalue weighted by Gasteiger charge is 2.26. The maximum Gasteiger partial charge on any atom is 0.253 e. The molecule has 1 unspecified atom stereocenters. The average Bonchev–Trinajstić information content (AvgIpc) is 3.15. The second kappa shape index (κ2) is 8.33. The van der Waals surface area contributed by atoms with Crippen molar-refractivity contribution in [3.8, 4) is 0 Å². The molecule has 6 heteroatoms. The minimum atomic E-state index is -0.328. The molecular formula is C22H23FN4O.